The van der Waals surface area contributed by atoms with Gasteiger partial charge >= 0.3 is 0 Å². The molecular weight excluding hydrogens is 496 g/mol. The van der Waals surface area contributed by atoms with Gasteiger partial charge in [-0.2, -0.15) is 0 Å². The molecule has 2 aliphatic carbocycles. The number of rotatable bonds is 2. The lowest BCUT2D eigenvalue weighted by atomic mass is 9.79. The van der Waals surface area contributed by atoms with E-state index in [1.165, 1.54) is 44.5 Å². The summed E-state index contributed by atoms with van der Waals surface area (Å²) in [5.41, 5.74) is 11.7. The summed E-state index contributed by atoms with van der Waals surface area (Å²) in [5.74, 6) is 0.867. The maximum absolute atomic E-state index is 3.71. The van der Waals surface area contributed by atoms with Gasteiger partial charge in [-0.15, -0.1) is 0 Å². The Labute approximate surface area is 196 Å². The summed E-state index contributed by atoms with van der Waals surface area (Å²) in [6, 6.07) is 20.4. The molecule has 3 aromatic carbocycles. The average Bonchev–Trinajstić information content (AvgIpc) is 3.15. The maximum atomic E-state index is 3.71. The summed E-state index contributed by atoms with van der Waals surface area (Å²) in [4.78, 5) is 0. The zero-order valence-corrected chi connectivity index (χ0v) is 21.1. The molecule has 2 heteroatoms. The van der Waals surface area contributed by atoms with Crippen molar-refractivity contribution in [2.45, 2.75) is 51.4 Å². The topological polar surface area (TPSA) is 0 Å². The van der Waals surface area contributed by atoms with Gasteiger partial charge in [0.25, 0.3) is 0 Å². The van der Waals surface area contributed by atoms with Crippen LogP contribution in [0.15, 0.2) is 69.1 Å². The number of hydrogen-bond acceptors (Lipinski definition) is 0. The molecule has 5 rings (SSSR count). The van der Waals surface area contributed by atoms with Crippen LogP contribution in [0.5, 0.6) is 0 Å². The molecule has 0 radical (unpaired) electrons. The number of benzene rings is 3. The lowest BCUT2D eigenvalue weighted by Crippen LogP contribution is -2.14. The van der Waals surface area contributed by atoms with E-state index in [0.29, 0.717) is 11.8 Å². The van der Waals surface area contributed by atoms with Gasteiger partial charge < -0.3 is 0 Å². The quantitative estimate of drug-likeness (QED) is 0.315. The molecule has 0 aliphatic heterocycles. The monoisotopic (exact) mass is 520 g/mol. The maximum Gasteiger partial charge on any atom is 0.0178 e. The van der Waals surface area contributed by atoms with E-state index < -0.39 is 0 Å². The minimum absolute atomic E-state index is 0.152. The molecule has 30 heavy (non-hydrogen) atoms. The van der Waals surface area contributed by atoms with Gasteiger partial charge in [0, 0.05) is 20.8 Å². The van der Waals surface area contributed by atoms with Gasteiger partial charge in [-0.05, 0) is 82.0 Å². The Bertz CT molecular complexity index is 1140. The highest BCUT2D eigenvalue weighted by Crippen LogP contribution is 2.53. The summed E-state index contributed by atoms with van der Waals surface area (Å²) < 4.78 is 2.32. The van der Waals surface area contributed by atoms with Crippen LogP contribution in [0, 0.1) is 0 Å². The van der Waals surface area contributed by atoms with Gasteiger partial charge in [0.2, 0.25) is 0 Å². The van der Waals surface area contributed by atoms with E-state index in [1.54, 1.807) is 0 Å². The first-order valence-corrected chi connectivity index (χ1v) is 12.2. The lowest BCUT2D eigenvalue weighted by molar-refractivity contribution is 0.586. The third kappa shape index (κ3) is 3.24. The van der Waals surface area contributed by atoms with E-state index in [4.69, 9.17) is 0 Å². The summed E-state index contributed by atoms with van der Waals surface area (Å²) >= 11 is 7.43. The van der Waals surface area contributed by atoms with Gasteiger partial charge in [0.05, 0.1) is 0 Å². The summed E-state index contributed by atoms with van der Waals surface area (Å²) in [5, 5.41) is 0. The molecule has 3 aromatic rings. The Balaban J connectivity index is 1.61. The van der Waals surface area contributed by atoms with Crippen molar-refractivity contribution in [2.75, 3.05) is 0 Å². The van der Waals surface area contributed by atoms with Crippen LogP contribution in [0.2, 0.25) is 0 Å². The Kier molecular flexibility index (Phi) is 4.87. The molecule has 0 saturated carbocycles. The molecule has 0 saturated heterocycles. The SMILES string of the molecule is CC1=Cc2c(cccc2C(C)(C)C)C1CC1c2cc(Br)ccc2-c2ccc(Br)cc21. The van der Waals surface area contributed by atoms with Gasteiger partial charge in [-0.1, -0.05) is 94.6 Å². The van der Waals surface area contributed by atoms with E-state index in [2.05, 4.69) is 120 Å². The number of halogens is 2. The van der Waals surface area contributed by atoms with Crippen LogP contribution < -0.4 is 0 Å². The van der Waals surface area contributed by atoms with E-state index in [9.17, 15) is 0 Å². The second-order valence-corrected chi connectivity index (χ2v) is 11.6. The molecule has 0 nitrogen and oxygen atoms in total. The predicted octanol–water partition coefficient (Wildman–Crippen LogP) is 9.21. The average molecular weight is 522 g/mol. The number of fused-ring (bicyclic) bond motifs is 4. The fourth-order valence-electron chi connectivity index (χ4n) is 5.38. The minimum atomic E-state index is 0.152. The molecule has 2 aliphatic rings. The Morgan fingerprint density at radius 2 is 1.37 bits per heavy atom. The lowest BCUT2D eigenvalue weighted by Gasteiger charge is -2.25. The van der Waals surface area contributed by atoms with Gasteiger partial charge in [-0.3, -0.25) is 0 Å². The molecule has 0 spiro atoms. The van der Waals surface area contributed by atoms with Crippen molar-refractivity contribution < 1.29 is 0 Å². The summed E-state index contributed by atoms with van der Waals surface area (Å²) in [6.45, 7) is 9.27. The molecule has 152 valence electrons. The third-order valence-corrected chi connectivity index (χ3v) is 7.77. The zero-order chi connectivity index (χ0) is 21.2. The van der Waals surface area contributed by atoms with Crippen LogP contribution in [-0.4, -0.2) is 0 Å². The van der Waals surface area contributed by atoms with Gasteiger partial charge in [0.1, 0.15) is 0 Å². The fourth-order valence-corrected chi connectivity index (χ4v) is 6.14. The van der Waals surface area contributed by atoms with Crippen molar-refractivity contribution in [3.05, 3.63) is 96.9 Å². The first-order valence-electron chi connectivity index (χ1n) is 10.6. The zero-order valence-electron chi connectivity index (χ0n) is 17.9. The molecule has 1 unspecified atom stereocenters. The Morgan fingerprint density at radius 1 is 0.767 bits per heavy atom. The molecule has 1 atom stereocenters. The van der Waals surface area contributed by atoms with Gasteiger partial charge in [-0.25, -0.2) is 0 Å². The van der Waals surface area contributed by atoms with Crippen molar-refractivity contribution in [3.63, 3.8) is 0 Å². The number of allylic oxidation sites excluding steroid dienone is 1. The van der Waals surface area contributed by atoms with Crippen molar-refractivity contribution in [1.29, 1.82) is 0 Å². The molecular formula is C28H26Br2. The third-order valence-electron chi connectivity index (χ3n) is 6.78. The van der Waals surface area contributed by atoms with E-state index in [1.807, 2.05) is 0 Å². The minimum Gasteiger partial charge on any atom is -0.0652 e. The molecule has 0 aromatic heterocycles. The Morgan fingerprint density at radius 3 is 1.93 bits per heavy atom. The predicted molar refractivity (Wildman–Crippen MR) is 135 cm³/mol. The van der Waals surface area contributed by atoms with Crippen LogP contribution in [-0.2, 0) is 5.41 Å². The van der Waals surface area contributed by atoms with E-state index in [-0.39, 0.29) is 5.41 Å². The smallest absolute Gasteiger partial charge is 0.0178 e. The van der Waals surface area contributed by atoms with Crippen LogP contribution >= 0.6 is 31.9 Å². The fraction of sp³-hybridized carbons (Fsp3) is 0.286. The summed E-state index contributed by atoms with van der Waals surface area (Å²) in [7, 11) is 0. The van der Waals surface area contributed by atoms with Crippen LogP contribution in [0.4, 0.5) is 0 Å². The van der Waals surface area contributed by atoms with Crippen LogP contribution in [0.1, 0.15) is 73.8 Å². The second-order valence-electron chi connectivity index (χ2n) is 9.75. The van der Waals surface area contributed by atoms with E-state index >= 15 is 0 Å². The molecule has 0 amide bonds. The first-order chi connectivity index (χ1) is 14.2. The van der Waals surface area contributed by atoms with E-state index in [0.717, 1.165) is 15.4 Å². The Hall–Kier alpha value is -1.64. The second kappa shape index (κ2) is 7.21. The molecule has 0 N–H and O–H groups in total. The highest BCUT2D eigenvalue weighted by molar-refractivity contribution is 9.10. The van der Waals surface area contributed by atoms with Crippen molar-refractivity contribution >= 4 is 37.9 Å². The van der Waals surface area contributed by atoms with Crippen LogP contribution in [0.3, 0.4) is 0 Å². The molecule has 0 bridgehead atoms. The first kappa shape index (κ1) is 20.3. The van der Waals surface area contributed by atoms with Crippen molar-refractivity contribution in [1.82, 2.24) is 0 Å². The molecule has 0 fully saturated rings. The summed E-state index contributed by atoms with van der Waals surface area (Å²) in [6.07, 6.45) is 3.55. The van der Waals surface area contributed by atoms with Gasteiger partial charge in [0.15, 0.2) is 0 Å². The van der Waals surface area contributed by atoms with Crippen molar-refractivity contribution in [3.8, 4) is 11.1 Å². The molecule has 0 heterocycles. The van der Waals surface area contributed by atoms with Crippen molar-refractivity contribution in [2.24, 2.45) is 0 Å². The van der Waals surface area contributed by atoms with Crippen LogP contribution in [0.25, 0.3) is 17.2 Å². The highest BCUT2D eigenvalue weighted by Gasteiger charge is 2.35. The highest BCUT2D eigenvalue weighted by atomic mass is 79.9. The standard InChI is InChI=1S/C28H26Br2/c1-16-12-26-19(6-5-7-27(26)28(2,3)4)22(16)15-25-23-13-17(29)8-10-20(23)21-11-9-18(30)14-24(21)25/h5-14,22,25H,15H2,1-4H3. The largest absolute Gasteiger partial charge is 0.0652 e. The number of hydrogen-bond donors (Lipinski definition) is 0. The normalized spacial score (nSPS) is 17.5.